The summed E-state index contributed by atoms with van der Waals surface area (Å²) < 4.78 is 1.23. The van der Waals surface area contributed by atoms with Crippen LogP contribution < -0.4 is 11.2 Å². The second kappa shape index (κ2) is 8.10. The standard InChI is InChI=1S/C19H28N4O4/c1-2-3-9-22-13-19(8-5-16(22)25)7-4-10-23(14-19)17(26)12-21-11-6-15(24)20-18(21)27/h6,11H,2-5,7-10,12-14H2,1H3,(H,20,24,27)/t19-/m1/s1. The third kappa shape index (κ3) is 4.48. The molecule has 0 unspecified atom stereocenters. The van der Waals surface area contributed by atoms with Gasteiger partial charge in [0.05, 0.1) is 0 Å². The molecule has 0 radical (unpaired) electrons. The SMILES string of the molecule is CCCCN1C[C@@]2(CCCN(C(=O)Cn3ccc(=O)[nH]c3=O)C2)CCC1=O. The second-order valence-electron chi connectivity index (χ2n) is 7.83. The highest BCUT2D eigenvalue weighted by Gasteiger charge is 2.42. The van der Waals surface area contributed by atoms with E-state index in [1.807, 2.05) is 9.80 Å². The Hall–Kier alpha value is -2.38. The van der Waals surface area contributed by atoms with Crippen molar-refractivity contribution in [3.63, 3.8) is 0 Å². The van der Waals surface area contributed by atoms with E-state index < -0.39 is 11.2 Å². The minimum atomic E-state index is -0.573. The van der Waals surface area contributed by atoms with Crippen molar-refractivity contribution in [3.05, 3.63) is 33.1 Å². The molecule has 0 bridgehead atoms. The van der Waals surface area contributed by atoms with Gasteiger partial charge >= 0.3 is 5.69 Å². The number of H-pyrrole nitrogens is 1. The summed E-state index contributed by atoms with van der Waals surface area (Å²) in [5.74, 6) is 0.0950. The highest BCUT2D eigenvalue weighted by atomic mass is 16.2. The lowest BCUT2D eigenvalue weighted by atomic mass is 9.73. The molecule has 1 spiro atoms. The maximum absolute atomic E-state index is 12.7. The molecule has 1 aromatic rings. The number of carbonyl (C=O) groups is 2. The summed E-state index contributed by atoms with van der Waals surface area (Å²) in [7, 11) is 0. The maximum atomic E-state index is 12.7. The van der Waals surface area contributed by atoms with Crippen molar-refractivity contribution in [2.75, 3.05) is 26.2 Å². The third-order valence-corrected chi connectivity index (χ3v) is 5.75. The van der Waals surface area contributed by atoms with Crippen LogP contribution in [0.3, 0.4) is 0 Å². The van der Waals surface area contributed by atoms with E-state index in [1.54, 1.807) is 0 Å². The Bertz CT molecular complexity index is 814. The molecule has 0 saturated carbocycles. The number of amides is 2. The second-order valence-corrected chi connectivity index (χ2v) is 7.83. The largest absolute Gasteiger partial charge is 0.342 e. The number of hydrogen-bond acceptors (Lipinski definition) is 4. The summed E-state index contributed by atoms with van der Waals surface area (Å²) in [5, 5.41) is 0. The molecule has 2 aliphatic rings. The van der Waals surface area contributed by atoms with E-state index in [0.717, 1.165) is 38.6 Å². The number of hydrogen-bond donors (Lipinski definition) is 1. The summed E-state index contributed by atoms with van der Waals surface area (Å²) >= 11 is 0. The van der Waals surface area contributed by atoms with E-state index in [2.05, 4.69) is 11.9 Å². The number of rotatable bonds is 5. The normalized spacial score (nSPS) is 23.1. The van der Waals surface area contributed by atoms with Crippen molar-refractivity contribution in [1.82, 2.24) is 19.4 Å². The zero-order chi connectivity index (χ0) is 19.4. The number of aromatic amines is 1. The van der Waals surface area contributed by atoms with Gasteiger partial charge in [0.1, 0.15) is 6.54 Å². The molecule has 3 rings (SSSR count). The maximum Gasteiger partial charge on any atom is 0.328 e. The van der Waals surface area contributed by atoms with E-state index in [1.165, 1.54) is 16.8 Å². The van der Waals surface area contributed by atoms with Crippen LogP contribution in [-0.4, -0.2) is 57.3 Å². The van der Waals surface area contributed by atoms with Gasteiger partial charge in [-0.3, -0.25) is 23.9 Å². The number of unbranched alkanes of at least 4 members (excludes halogenated alkanes) is 1. The van der Waals surface area contributed by atoms with E-state index in [4.69, 9.17) is 0 Å². The lowest BCUT2D eigenvalue weighted by Crippen LogP contribution is -2.55. The number of nitrogens with one attached hydrogen (secondary N) is 1. The smallest absolute Gasteiger partial charge is 0.328 e. The van der Waals surface area contributed by atoms with E-state index >= 15 is 0 Å². The Morgan fingerprint density at radius 1 is 1.22 bits per heavy atom. The van der Waals surface area contributed by atoms with Crippen LogP contribution in [0, 0.1) is 5.41 Å². The van der Waals surface area contributed by atoms with Crippen molar-refractivity contribution in [2.45, 2.75) is 52.0 Å². The molecule has 1 atom stereocenters. The lowest BCUT2D eigenvalue weighted by molar-refractivity contribution is -0.143. The van der Waals surface area contributed by atoms with Crippen molar-refractivity contribution in [3.8, 4) is 0 Å². The third-order valence-electron chi connectivity index (χ3n) is 5.75. The van der Waals surface area contributed by atoms with E-state index in [0.29, 0.717) is 26.1 Å². The van der Waals surface area contributed by atoms with Crippen molar-refractivity contribution in [2.24, 2.45) is 5.41 Å². The Morgan fingerprint density at radius 2 is 2.04 bits per heavy atom. The monoisotopic (exact) mass is 376 g/mol. The van der Waals surface area contributed by atoms with Crippen LogP contribution in [0.1, 0.15) is 45.4 Å². The van der Waals surface area contributed by atoms with Crippen LogP contribution in [0.15, 0.2) is 21.9 Å². The zero-order valence-electron chi connectivity index (χ0n) is 15.9. The van der Waals surface area contributed by atoms with Gasteiger partial charge in [0.2, 0.25) is 11.8 Å². The predicted molar refractivity (Wildman–Crippen MR) is 100 cm³/mol. The van der Waals surface area contributed by atoms with Gasteiger partial charge in [-0.25, -0.2) is 4.79 Å². The molecular weight excluding hydrogens is 348 g/mol. The fourth-order valence-electron chi connectivity index (χ4n) is 4.22. The van der Waals surface area contributed by atoms with Crippen LogP contribution in [0.5, 0.6) is 0 Å². The summed E-state index contributed by atoms with van der Waals surface area (Å²) in [4.78, 5) is 53.9. The van der Waals surface area contributed by atoms with Gasteiger partial charge in [-0.15, -0.1) is 0 Å². The number of carbonyl (C=O) groups excluding carboxylic acids is 2. The molecule has 2 fully saturated rings. The zero-order valence-corrected chi connectivity index (χ0v) is 15.9. The van der Waals surface area contributed by atoms with Crippen molar-refractivity contribution < 1.29 is 9.59 Å². The number of aromatic nitrogens is 2. The first-order chi connectivity index (χ1) is 12.9. The average molecular weight is 376 g/mol. The fourth-order valence-corrected chi connectivity index (χ4v) is 4.22. The topological polar surface area (TPSA) is 95.5 Å². The molecule has 148 valence electrons. The van der Waals surface area contributed by atoms with Crippen LogP contribution in [0.2, 0.25) is 0 Å². The fraction of sp³-hybridized carbons (Fsp3) is 0.684. The van der Waals surface area contributed by atoms with Crippen molar-refractivity contribution >= 4 is 11.8 Å². The average Bonchev–Trinajstić information content (AvgIpc) is 2.65. The minimum Gasteiger partial charge on any atom is -0.342 e. The molecule has 0 aliphatic carbocycles. The molecule has 2 amide bonds. The predicted octanol–water partition coefficient (Wildman–Crippen LogP) is 0.568. The van der Waals surface area contributed by atoms with E-state index in [9.17, 15) is 19.2 Å². The van der Waals surface area contributed by atoms with Gasteiger partial charge in [-0.05, 0) is 25.7 Å². The Balaban J connectivity index is 1.67. The Kier molecular flexibility index (Phi) is 5.82. The Labute approximate surface area is 158 Å². The molecule has 3 heterocycles. The van der Waals surface area contributed by atoms with Gasteiger partial charge < -0.3 is 9.80 Å². The first-order valence-corrected chi connectivity index (χ1v) is 9.78. The number of piperidine rings is 2. The highest BCUT2D eigenvalue weighted by molar-refractivity contribution is 5.78. The molecule has 8 heteroatoms. The van der Waals surface area contributed by atoms with Crippen LogP contribution in [0.4, 0.5) is 0 Å². The van der Waals surface area contributed by atoms with Crippen LogP contribution >= 0.6 is 0 Å². The first-order valence-electron chi connectivity index (χ1n) is 9.78. The summed E-state index contributed by atoms with van der Waals surface area (Å²) in [6.07, 6.45) is 6.69. The molecule has 1 N–H and O–H groups in total. The number of nitrogens with zero attached hydrogens (tertiary/aromatic N) is 3. The van der Waals surface area contributed by atoms with Crippen LogP contribution in [-0.2, 0) is 16.1 Å². The number of likely N-dealkylation sites (tertiary alicyclic amines) is 2. The molecular formula is C19H28N4O4. The van der Waals surface area contributed by atoms with Gasteiger partial charge in [-0.2, -0.15) is 0 Å². The van der Waals surface area contributed by atoms with E-state index in [-0.39, 0.29) is 23.8 Å². The molecule has 2 saturated heterocycles. The molecule has 27 heavy (non-hydrogen) atoms. The van der Waals surface area contributed by atoms with Gasteiger partial charge in [0.25, 0.3) is 5.56 Å². The summed E-state index contributed by atoms with van der Waals surface area (Å²) in [5.41, 5.74) is -1.08. The molecule has 0 aromatic carbocycles. The minimum absolute atomic E-state index is 0.0362. The van der Waals surface area contributed by atoms with Gasteiger partial charge in [0.15, 0.2) is 0 Å². The first kappa shape index (κ1) is 19.4. The summed E-state index contributed by atoms with van der Waals surface area (Å²) in [6.45, 7) is 4.83. The van der Waals surface area contributed by atoms with Gasteiger partial charge in [-0.1, -0.05) is 13.3 Å². The molecule has 2 aliphatic heterocycles. The summed E-state index contributed by atoms with van der Waals surface area (Å²) in [6, 6.07) is 1.24. The highest BCUT2D eigenvalue weighted by Crippen LogP contribution is 2.39. The molecule has 1 aromatic heterocycles. The van der Waals surface area contributed by atoms with Crippen molar-refractivity contribution in [1.29, 1.82) is 0 Å². The Morgan fingerprint density at radius 3 is 2.78 bits per heavy atom. The quantitative estimate of drug-likeness (QED) is 0.813. The van der Waals surface area contributed by atoms with Crippen LogP contribution in [0.25, 0.3) is 0 Å². The molecule has 8 nitrogen and oxygen atoms in total. The van der Waals surface area contributed by atoms with Gasteiger partial charge in [0, 0.05) is 50.3 Å². The lowest BCUT2D eigenvalue weighted by Gasteiger charge is -2.48.